The van der Waals surface area contributed by atoms with Gasteiger partial charge >= 0.3 is 0 Å². The van der Waals surface area contributed by atoms with E-state index in [-0.39, 0.29) is 5.91 Å². The number of piperidine rings is 2. The van der Waals surface area contributed by atoms with Crippen molar-refractivity contribution in [1.29, 1.82) is 0 Å². The predicted octanol–water partition coefficient (Wildman–Crippen LogP) is 3.61. The second-order valence-corrected chi connectivity index (χ2v) is 8.49. The highest BCUT2D eigenvalue weighted by atomic mass is 32.1. The summed E-state index contributed by atoms with van der Waals surface area (Å²) in [6.07, 6.45) is 9.64. The standard InChI is InChI=1S/C21H28N4OS/c26-20(14-17-16-27-21(23-17)19-9-2-4-10-22-19)25-13-7-3-8-18(25)15-24-11-5-1-6-12-24/h2,4,9-10,16,18H,1,3,5-8,11-15H2/t18-/m0/s1. The van der Waals surface area contributed by atoms with Crippen LogP contribution in [0.15, 0.2) is 29.8 Å². The normalized spacial score (nSPS) is 21.3. The topological polar surface area (TPSA) is 49.3 Å². The van der Waals surface area contributed by atoms with Crippen molar-refractivity contribution in [1.82, 2.24) is 19.8 Å². The minimum Gasteiger partial charge on any atom is -0.338 e. The molecule has 4 rings (SSSR count). The second kappa shape index (κ2) is 8.93. The number of pyridine rings is 1. The fourth-order valence-electron chi connectivity index (χ4n) is 4.21. The van der Waals surface area contributed by atoms with Crippen LogP contribution in [0.3, 0.4) is 0 Å². The number of rotatable bonds is 5. The first kappa shape index (κ1) is 18.6. The molecule has 1 atom stereocenters. The van der Waals surface area contributed by atoms with Gasteiger partial charge in [0, 0.05) is 30.7 Å². The third-order valence-corrected chi connectivity index (χ3v) is 6.55. The average molecular weight is 385 g/mol. The van der Waals surface area contributed by atoms with Crippen LogP contribution in [0.1, 0.15) is 44.2 Å². The van der Waals surface area contributed by atoms with Crippen LogP contribution in [-0.2, 0) is 11.2 Å². The Bertz CT molecular complexity index is 742. The van der Waals surface area contributed by atoms with Gasteiger partial charge < -0.3 is 9.80 Å². The molecule has 0 unspecified atom stereocenters. The summed E-state index contributed by atoms with van der Waals surface area (Å²) in [6.45, 7) is 4.33. The number of nitrogens with zero attached hydrogens (tertiary/aromatic N) is 4. The predicted molar refractivity (Wildman–Crippen MR) is 109 cm³/mol. The molecule has 2 aliphatic rings. The first-order chi connectivity index (χ1) is 13.3. The first-order valence-electron chi connectivity index (χ1n) is 10.2. The van der Waals surface area contributed by atoms with Gasteiger partial charge in [0.25, 0.3) is 0 Å². The third-order valence-electron chi connectivity index (χ3n) is 5.63. The van der Waals surface area contributed by atoms with Crippen LogP contribution in [0.2, 0.25) is 0 Å². The zero-order valence-corrected chi connectivity index (χ0v) is 16.7. The van der Waals surface area contributed by atoms with E-state index in [1.54, 1.807) is 17.5 Å². The van der Waals surface area contributed by atoms with Gasteiger partial charge in [-0.3, -0.25) is 9.78 Å². The van der Waals surface area contributed by atoms with Crippen LogP contribution in [0.25, 0.3) is 10.7 Å². The van der Waals surface area contributed by atoms with E-state index in [1.165, 1.54) is 38.8 Å². The first-order valence-corrected chi connectivity index (χ1v) is 11.1. The van der Waals surface area contributed by atoms with Crippen LogP contribution < -0.4 is 0 Å². The summed E-state index contributed by atoms with van der Waals surface area (Å²) in [5.74, 6) is 0.231. The van der Waals surface area contributed by atoms with Crippen molar-refractivity contribution >= 4 is 17.2 Å². The highest BCUT2D eigenvalue weighted by molar-refractivity contribution is 7.13. The van der Waals surface area contributed by atoms with Gasteiger partial charge in [-0.2, -0.15) is 0 Å². The van der Waals surface area contributed by atoms with Crippen molar-refractivity contribution in [3.05, 3.63) is 35.5 Å². The smallest absolute Gasteiger partial charge is 0.228 e. The van der Waals surface area contributed by atoms with E-state index in [1.807, 2.05) is 23.6 Å². The summed E-state index contributed by atoms with van der Waals surface area (Å²) in [6, 6.07) is 6.20. The zero-order chi connectivity index (χ0) is 18.5. The molecule has 0 bridgehead atoms. The van der Waals surface area contributed by atoms with E-state index in [0.717, 1.165) is 42.3 Å². The van der Waals surface area contributed by atoms with Crippen molar-refractivity contribution in [2.75, 3.05) is 26.2 Å². The minimum atomic E-state index is 0.231. The molecule has 144 valence electrons. The van der Waals surface area contributed by atoms with E-state index in [2.05, 4.69) is 19.8 Å². The van der Waals surface area contributed by atoms with Crippen LogP contribution in [-0.4, -0.2) is 57.9 Å². The highest BCUT2D eigenvalue weighted by Crippen LogP contribution is 2.24. The maximum Gasteiger partial charge on any atom is 0.228 e. The molecule has 6 heteroatoms. The molecule has 2 aromatic rings. The van der Waals surface area contributed by atoms with Crippen molar-refractivity contribution in [3.63, 3.8) is 0 Å². The van der Waals surface area contributed by atoms with Gasteiger partial charge in [-0.1, -0.05) is 12.5 Å². The average Bonchev–Trinajstić information content (AvgIpc) is 3.18. The monoisotopic (exact) mass is 384 g/mol. The van der Waals surface area contributed by atoms with Gasteiger partial charge in [-0.25, -0.2) is 4.98 Å². The maximum absolute atomic E-state index is 13.0. The fourth-order valence-corrected chi connectivity index (χ4v) is 5.01. The van der Waals surface area contributed by atoms with Gasteiger partial charge in [0.15, 0.2) is 0 Å². The molecule has 0 radical (unpaired) electrons. The highest BCUT2D eigenvalue weighted by Gasteiger charge is 2.29. The Labute approximate surface area is 165 Å². The molecule has 2 fully saturated rings. The molecule has 4 heterocycles. The molecule has 0 saturated carbocycles. The van der Waals surface area contributed by atoms with Gasteiger partial charge in [0.2, 0.25) is 5.91 Å². The van der Waals surface area contributed by atoms with Crippen molar-refractivity contribution in [2.45, 2.75) is 51.0 Å². The fraction of sp³-hybridized carbons (Fsp3) is 0.571. The maximum atomic E-state index is 13.0. The van der Waals surface area contributed by atoms with E-state index >= 15 is 0 Å². The Hall–Kier alpha value is -1.79. The lowest BCUT2D eigenvalue weighted by Gasteiger charge is -2.39. The molecular weight excluding hydrogens is 356 g/mol. The lowest BCUT2D eigenvalue weighted by molar-refractivity contribution is -0.134. The summed E-state index contributed by atoms with van der Waals surface area (Å²) in [7, 11) is 0. The number of aromatic nitrogens is 2. The summed E-state index contributed by atoms with van der Waals surface area (Å²) in [5, 5.41) is 2.90. The minimum absolute atomic E-state index is 0.231. The molecule has 27 heavy (non-hydrogen) atoms. The Morgan fingerprint density at radius 2 is 1.96 bits per heavy atom. The van der Waals surface area contributed by atoms with Crippen LogP contribution >= 0.6 is 11.3 Å². The van der Waals surface area contributed by atoms with E-state index in [0.29, 0.717) is 12.5 Å². The molecular formula is C21H28N4OS. The lowest BCUT2D eigenvalue weighted by Crippen LogP contribution is -2.50. The van der Waals surface area contributed by atoms with Gasteiger partial charge in [0.05, 0.1) is 17.8 Å². The molecule has 0 spiro atoms. The lowest BCUT2D eigenvalue weighted by atomic mass is 9.99. The molecule has 0 aromatic carbocycles. The third kappa shape index (κ3) is 4.74. The van der Waals surface area contributed by atoms with Gasteiger partial charge in [-0.15, -0.1) is 11.3 Å². The Balaban J connectivity index is 1.39. The number of carbonyl (C=O) groups is 1. The van der Waals surface area contributed by atoms with Crippen molar-refractivity contribution < 1.29 is 4.79 Å². The van der Waals surface area contributed by atoms with E-state index in [4.69, 9.17) is 0 Å². The Morgan fingerprint density at radius 1 is 1.11 bits per heavy atom. The van der Waals surface area contributed by atoms with Crippen molar-refractivity contribution in [2.24, 2.45) is 0 Å². The van der Waals surface area contributed by atoms with Crippen molar-refractivity contribution in [3.8, 4) is 10.7 Å². The Morgan fingerprint density at radius 3 is 2.78 bits per heavy atom. The number of thiazole rings is 1. The molecule has 2 aromatic heterocycles. The molecule has 2 aliphatic heterocycles. The molecule has 2 saturated heterocycles. The largest absolute Gasteiger partial charge is 0.338 e. The van der Waals surface area contributed by atoms with E-state index < -0.39 is 0 Å². The van der Waals surface area contributed by atoms with Crippen LogP contribution in [0.4, 0.5) is 0 Å². The van der Waals surface area contributed by atoms with Crippen LogP contribution in [0, 0.1) is 0 Å². The van der Waals surface area contributed by atoms with E-state index in [9.17, 15) is 4.79 Å². The summed E-state index contributed by atoms with van der Waals surface area (Å²) in [4.78, 5) is 26.7. The second-order valence-electron chi connectivity index (χ2n) is 7.63. The number of hydrogen-bond donors (Lipinski definition) is 0. The van der Waals surface area contributed by atoms with Gasteiger partial charge in [-0.05, 0) is 57.3 Å². The SMILES string of the molecule is O=C(Cc1csc(-c2ccccn2)n1)N1CCCC[C@H]1CN1CCCCC1. The number of amides is 1. The molecule has 5 nitrogen and oxygen atoms in total. The number of hydrogen-bond acceptors (Lipinski definition) is 5. The molecule has 1 amide bonds. The van der Waals surface area contributed by atoms with Crippen LogP contribution in [0.5, 0.6) is 0 Å². The molecule has 0 N–H and O–H groups in total. The summed E-state index contributed by atoms with van der Waals surface area (Å²) < 4.78 is 0. The quantitative estimate of drug-likeness (QED) is 0.790. The summed E-state index contributed by atoms with van der Waals surface area (Å²) in [5.41, 5.74) is 1.75. The number of carbonyl (C=O) groups excluding carboxylic acids is 1. The Kier molecular flexibility index (Phi) is 6.14. The van der Waals surface area contributed by atoms with Gasteiger partial charge in [0.1, 0.15) is 5.01 Å². The number of likely N-dealkylation sites (tertiary alicyclic amines) is 2. The summed E-state index contributed by atoms with van der Waals surface area (Å²) >= 11 is 1.57. The zero-order valence-electron chi connectivity index (χ0n) is 15.8. The molecule has 0 aliphatic carbocycles.